The molecule has 0 aliphatic heterocycles. The van der Waals surface area contributed by atoms with E-state index < -0.39 is 10.0 Å². The second-order valence-corrected chi connectivity index (χ2v) is 9.77. The van der Waals surface area contributed by atoms with E-state index in [1.807, 2.05) is 19.1 Å². The lowest BCUT2D eigenvalue weighted by Gasteiger charge is -2.32. The predicted octanol–water partition coefficient (Wildman–Crippen LogP) is 4.40. The molecule has 1 fully saturated rings. The zero-order valence-corrected chi connectivity index (χ0v) is 16.7. The highest BCUT2D eigenvalue weighted by Gasteiger charge is 2.30. The van der Waals surface area contributed by atoms with Crippen molar-refractivity contribution in [2.75, 3.05) is 13.3 Å². The molecule has 1 aromatic rings. The first-order valence-electron chi connectivity index (χ1n) is 7.98. The standard InChI is InChI=1S/C16H24ClN3O2S2/c1-13-11-14(17)9-10-16(13)18-12-19(2)23-20(24(3,21)22)15-7-5-4-6-8-15/h9-12,15H,4-8H2,1-3H3. The van der Waals surface area contributed by atoms with Gasteiger partial charge in [-0.3, -0.25) is 4.31 Å². The minimum atomic E-state index is -3.28. The molecule has 0 atom stereocenters. The highest BCUT2D eigenvalue weighted by Crippen LogP contribution is 2.31. The molecule has 1 saturated carbocycles. The number of halogens is 1. The van der Waals surface area contributed by atoms with E-state index in [-0.39, 0.29) is 6.04 Å². The second kappa shape index (κ2) is 8.56. The first-order chi connectivity index (χ1) is 11.3. The minimum absolute atomic E-state index is 0.0619. The lowest BCUT2D eigenvalue weighted by atomic mass is 9.96. The number of hydrogen-bond donors (Lipinski definition) is 0. The van der Waals surface area contributed by atoms with Crippen LogP contribution in [0.5, 0.6) is 0 Å². The Bertz CT molecular complexity index is 689. The minimum Gasteiger partial charge on any atom is -0.296 e. The zero-order valence-electron chi connectivity index (χ0n) is 14.3. The largest absolute Gasteiger partial charge is 0.296 e. The van der Waals surface area contributed by atoms with Gasteiger partial charge < -0.3 is 0 Å². The van der Waals surface area contributed by atoms with Crippen molar-refractivity contribution in [2.45, 2.75) is 45.1 Å². The van der Waals surface area contributed by atoms with Crippen molar-refractivity contribution in [3.05, 3.63) is 28.8 Å². The topological polar surface area (TPSA) is 53.0 Å². The van der Waals surface area contributed by atoms with Crippen molar-refractivity contribution in [3.8, 4) is 0 Å². The molecule has 0 amide bonds. The molecule has 0 aromatic heterocycles. The van der Waals surface area contributed by atoms with E-state index in [4.69, 9.17) is 11.6 Å². The summed E-state index contributed by atoms with van der Waals surface area (Å²) in [6, 6.07) is 5.56. The van der Waals surface area contributed by atoms with Gasteiger partial charge in [0.1, 0.15) is 6.34 Å². The molecular formula is C16H24ClN3O2S2. The van der Waals surface area contributed by atoms with Crippen molar-refractivity contribution >= 4 is 45.8 Å². The van der Waals surface area contributed by atoms with Crippen molar-refractivity contribution < 1.29 is 8.42 Å². The zero-order chi connectivity index (χ0) is 17.7. The quantitative estimate of drug-likeness (QED) is 0.411. The van der Waals surface area contributed by atoms with Gasteiger partial charge in [-0.2, -0.15) is 0 Å². The van der Waals surface area contributed by atoms with Crippen LogP contribution in [-0.4, -0.2) is 42.1 Å². The summed E-state index contributed by atoms with van der Waals surface area (Å²) in [6.07, 6.45) is 8.09. The average molecular weight is 390 g/mol. The van der Waals surface area contributed by atoms with E-state index in [0.717, 1.165) is 36.9 Å². The predicted molar refractivity (Wildman–Crippen MR) is 103 cm³/mol. The number of rotatable bonds is 6. The Hall–Kier alpha value is -0.760. The van der Waals surface area contributed by atoms with Crippen molar-refractivity contribution in [2.24, 2.45) is 4.99 Å². The molecule has 0 heterocycles. The average Bonchev–Trinajstić information content (AvgIpc) is 2.51. The molecule has 8 heteroatoms. The van der Waals surface area contributed by atoms with Gasteiger partial charge in [0, 0.05) is 18.1 Å². The third-order valence-electron chi connectivity index (χ3n) is 3.93. The van der Waals surface area contributed by atoms with Gasteiger partial charge in [-0.1, -0.05) is 30.9 Å². The van der Waals surface area contributed by atoms with Crippen LogP contribution in [0.25, 0.3) is 0 Å². The van der Waals surface area contributed by atoms with Crippen LogP contribution in [0.1, 0.15) is 37.7 Å². The highest BCUT2D eigenvalue weighted by atomic mass is 35.5. The summed E-state index contributed by atoms with van der Waals surface area (Å²) in [6.45, 7) is 1.94. The molecule has 0 unspecified atom stereocenters. The first-order valence-corrected chi connectivity index (χ1v) is 10.9. The van der Waals surface area contributed by atoms with E-state index in [1.165, 1.54) is 28.5 Å². The molecule has 5 nitrogen and oxygen atoms in total. The van der Waals surface area contributed by atoms with Crippen LogP contribution >= 0.6 is 23.7 Å². The molecule has 1 aromatic carbocycles. The second-order valence-electron chi connectivity index (χ2n) is 6.11. The van der Waals surface area contributed by atoms with Crippen LogP contribution in [0.3, 0.4) is 0 Å². The smallest absolute Gasteiger partial charge is 0.222 e. The Morgan fingerprint density at radius 1 is 1.29 bits per heavy atom. The lowest BCUT2D eigenvalue weighted by molar-refractivity contribution is 0.344. The summed E-state index contributed by atoms with van der Waals surface area (Å²) >= 11 is 7.13. The normalized spacial score (nSPS) is 16.9. The molecule has 0 bridgehead atoms. The summed E-state index contributed by atoms with van der Waals surface area (Å²) in [5.41, 5.74) is 1.79. The van der Waals surface area contributed by atoms with E-state index in [1.54, 1.807) is 23.8 Å². The van der Waals surface area contributed by atoms with Crippen LogP contribution < -0.4 is 0 Å². The number of aliphatic imine (C=N–C) groups is 1. The maximum Gasteiger partial charge on any atom is 0.222 e. The van der Waals surface area contributed by atoms with Gasteiger partial charge in [0.15, 0.2) is 0 Å². The van der Waals surface area contributed by atoms with Gasteiger partial charge in [0.25, 0.3) is 0 Å². The monoisotopic (exact) mass is 389 g/mol. The van der Waals surface area contributed by atoms with Crippen LogP contribution in [0.15, 0.2) is 23.2 Å². The molecule has 24 heavy (non-hydrogen) atoms. The maximum absolute atomic E-state index is 12.2. The third-order valence-corrected chi connectivity index (χ3v) is 6.94. The third kappa shape index (κ3) is 5.65. The summed E-state index contributed by atoms with van der Waals surface area (Å²) in [7, 11) is -1.47. The fourth-order valence-corrected chi connectivity index (χ4v) is 5.21. The Labute approximate surface area is 154 Å². The Balaban J connectivity index is 2.06. The Morgan fingerprint density at radius 3 is 2.54 bits per heavy atom. The molecule has 0 N–H and O–H groups in total. The van der Waals surface area contributed by atoms with Gasteiger partial charge in [-0.05, 0) is 43.5 Å². The van der Waals surface area contributed by atoms with Crippen LogP contribution in [0.4, 0.5) is 5.69 Å². The van der Waals surface area contributed by atoms with E-state index in [9.17, 15) is 8.42 Å². The summed E-state index contributed by atoms with van der Waals surface area (Å²) in [4.78, 5) is 4.43. The Morgan fingerprint density at radius 2 is 1.96 bits per heavy atom. The SMILES string of the molecule is Cc1cc(Cl)ccc1N=CN(C)SN(C1CCCCC1)S(C)(=O)=O. The van der Waals surface area contributed by atoms with Gasteiger partial charge in [0.05, 0.1) is 24.1 Å². The van der Waals surface area contributed by atoms with Gasteiger partial charge in [-0.25, -0.2) is 13.4 Å². The van der Waals surface area contributed by atoms with Crippen LogP contribution in [-0.2, 0) is 10.0 Å². The summed E-state index contributed by atoms with van der Waals surface area (Å²) in [5.74, 6) is 0. The molecule has 1 aliphatic carbocycles. The molecular weight excluding hydrogens is 366 g/mol. The van der Waals surface area contributed by atoms with Gasteiger partial charge in [0.2, 0.25) is 10.0 Å². The number of nitrogens with zero attached hydrogens (tertiary/aromatic N) is 3. The molecule has 134 valence electrons. The van der Waals surface area contributed by atoms with Gasteiger partial charge >= 0.3 is 0 Å². The maximum atomic E-state index is 12.2. The van der Waals surface area contributed by atoms with Crippen LogP contribution in [0.2, 0.25) is 5.02 Å². The fourth-order valence-electron chi connectivity index (χ4n) is 2.75. The molecule has 0 radical (unpaired) electrons. The first kappa shape index (κ1) is 19.6. The molecule has 0 saturated heterocycles. The molecule has 2 rings (SSSR count). The van der Waals surface area contributed by atoms with Crippen molar-refractivity contribution in [3.63, 3.8) is 0 Å². The van der Waals surface area contributed by atoms with E-state index in [2.05, 4.69) is 4.99 Å². The number of sulfonamides is 1. The number of hydrogen-bond acceptors (Lipinski definition) is 4. The van der Waals surface area contributed by atoms with Gasteiger partial charge in [-0.15, -0.1) is 3.71 Å². The fraction of sp³-hybridized carbons (Fsp3) is 0.562. The summed E-state index contributed by atoms with van der Waals surface area (Å²) < 4.78 is 27.5. The highest BCUT2D eigenvalue weighted by molar-refractivity contribution is 8.07. The van der Waals surface area contributed by atoms with E-state index >= 15 is 0 Å². The molecule has 1 aliphatic rings. The lowest BCUT2D eigenvalue weighted by Crippen LogP contribution is -2.38. The number of aryl methyl sites for hydroxylation is 1. The summed E-state index contributed by atoms with van der Waals surface area (Å²) in [5, 5.41) is 0.676. The molecule has 0 spiro atoms. The number of benzene rings is 1. The Kier molecular flexibility index (Phi) is 6.98. The van der Waals surface area contributed by atoms with Crippen molar-refractivity contribution in [1.29, 1.82) is 0 Å². The van der Waals surface area contributed by atoms with Crippen LogP contribution in [0, 0.1) is 6.92 Å². The van der Waals surface area contributed by atoms with Crippen molar-refractivity contribution in [1.82, 2.24) is 8.02 Å². The van der Waals surface area contributed by atoms with E-state index in [0.29, 0.717) is 5.02 Å².